The first kappa shape index (κ1) is 19.9. The molecule has 27 heavy (non-hydrogen) atoms. The smallest absolute Gasteiger partial charge is 0.167 e. The van der Waals surface area contributed by atoms with Crippen molar-refractivity contribution in [2.24, 2.45) is 0 Å². The molecule has 0 saturated heterocycles. The van der Waals surface area contributed by atoms with Gasteiger partial charge in [-0.05, 0) is 13.8 Å². The highest BCUT2D eigenvalue weighted by Crippen LogP contribution is 2.44. The van der Waals surface area contributed by atoms with Crippen molar-refractivity contribution in [1.29, 1.82) is 0 Å². The van der Waals surface area contributed by atoms with Crippen LogP contribution >= 0.6 is 0 Å². The number of carbonyl (C=O) groups excluding carboxylic acids is 2. The lowest BCUT2D eigenvalue weighted by Crippen LogP contribution is -2.05. The van der Waals surface area contributed by atoms with E-state index in [-0.39, 0.29) is 45.9 Å². The summed E-state index contributed by atoms with van der Waals surface area (Å²) in [6, 6.07) is 2.14. The maximum absolute atomic E-state index is 11.9. The maximum atomic E-state index is 11.9. The summed E-state index contributed by atoms with van der Waals surface area (Å²) in [6.07, 6.45) is -0.280. The van der Waals surface area contributed by atoms with Crippen molar-refractivity contribution in [3.8, 4) is 34.5 Å². The lowest BCUT2D eigenvalue weighted by atomic mass is 9.94. The molecule has 0 spiro atoms. The Morgan fingerprint density at radius 3 is 1.85 bits per heavy atom. The number of phenolic OH excluding ortho intramolecular Hbond substituents is 4. The summed E-state index contributed by atoms with van der Waals surface area (Å²) in [7, 11) is 2.53. The molecule has 0 unspecified atom stereocenters. The molecule has 0 fully saturated rings. The second-order valence-corrected chi connectivity index (χ2v) is 5.89. The van der Waals surface area contributed by atoms with Gasteiger partial charge in [0.15, 0.2) is 11.6 Å². The van der Waals surface area contributed by atoms with Crippen LogP contribution in [0.5, 0.6) is 34.5 Å². The van der Waals surface area contributed by atoms with E-state index in [1.54, 1.807) is 0 Å². The lowest BCUT2D eigenvalue weighted by molar-refractivity contribution is 0.0998. The molecule has 0 heterocycles. The van der Waals surface area contributed by atoms with Crippen LogP contribution in [0.3, 0.4) is 0 Å². The van der Waals surface area contributed by atoms with E-state index in [0.29, 0.717) is 0 Å². The quantitative estimate of drug-likeness (QED) is 0.565. The summed E-state index contributed by atoms with van der Waals surface area (Å²) < 4.78 is 10.2. The van der Waals surface area contributed by atoms with Crippen LogP contribution < -0.4 is 9.47 Å². The van der Waals surface area contributed by atoms with Gasteiger partial charge in [-0.25, -0.2) is 0 Å². The van der Waals surface area contributed by atoms with Gasteiger partial charge in [0.1, 0.15) is 45.6 Å². The first-order valence-electron chi connectivity index (χ1n) is 7.89. The highest BCUT2D eigenvalue weighted by Gasteiger charge is 2.26. The molecule has 0 aliphatic rings. The molecule has 0 aromatic heterocycles. The van der Waals surface area contributed by atoms with Crippen molar-refractivity contribution in [2.45, 2.75) is 20.3 Å². The Kier molecular flexibility index (Phi) is 5.49. The van der Waals surface area contributed by atoms with Crippen molar-refractivity contribution in [2.75, 3.05) is 14.2 Å². The van der Waals surface area contributed by atoms with Gasteiger partial charge in [0, 0.05) is 29.7 Å². The van der Waals surface area contributed by atoms with Crippen LogP contribution in [0, 0.1) is 0 Å². The van der Waals surface area contributed by atoms with E-state index in [2.05, 4.69) is 0 Å². The third-order valence-electron chi connectivity index (χ3n) is 4.17. The minimum absolute atomic E-state index is 0.00688. The zero-order valence-corrected chi connectivity index (χ0v) is 15.3. The average molecular weight is 376 g/mol. The highest BCUT2D eigenvalue weighted by molar-refractivity contribution is 6.01. The van der Waals surface area contributed by atoms with Gasteiger partial charge in [0.2, 0.25) is 0 Å². The van der Waals surface area contributed by atoms with E-state index < -0.39 is 28.8 Å². The fourth-order valence-corrected chi connectivity index (χ4v) is 2.93. The van der Waals surface area contributed by atoms with E-state index in [1.807, 2.05) is 0 Å². The topological polar surface area (TPSA) is 134 Å². The van der Waals surface area contributed by atoms with Gasteiger partial charge in [-0.1, -0.05) is 0 Å². The van der Waals surface area contributed by atoms with E-state index >= 15 is 0 Å². The monoisotopic (exact) mass is 376 g/mol. The molecule has 0 radical (unpaired) electrons. The van der Waals surface area contributed by atoms with Gasteiger partial charge in [0.25, 0.3) is 0 Å². The number of carbonyl (C=O) groups is 2. The van der Waals surface area contributed by atoms with Crippen molar-refractivity contribution in [1.82, 2.24) is 0 Å². The summed E-state index contributed by atoms with van der Waals surface area (Å²) in [5.41, 5.74) is -0.306. The molecule has 8 heteroatoms. The molecule has 0 saturated carbocycles. The maximum Gasteiger partial charge on any atom is 0.167 e. The molecule has 144 valence electrons. The Morgan fingerprint density at radius 1 is 0.815 bits per heavy atom. The molecule has 0 aliphatic heterocycles. The second kappa shape index (κ2) is 7.45. The summed E-state index contributed by atoms with van der Waals surface area (Å²) >= 11 is 0. The first-order chi connectivity index (χ1) is 12.6. The zero-order chi connectivity index (χ0) is 20.5. The van der Waals surface area contributed by atoms with Crippen LogP contribution in [0.2, 0.25) is 0 Å². The lowest BCUT2D eigenvalue weighted by Gasteiger charge is -2.18. The van der Waals surface area contributed by atoms with Gasteiger partial charge in [-0.15, -0.1) is 0 Å². The Balaban J connectivity index is 2.75. The van der Waals surface area contributed by atoms with E-state index in [1.165, 1.54) is 34.1 Å². The fraction of sp³-hybridized carbons (Fsp3) is 0.263. The van der Waals surface area contributed by atoms with Crippen molar-refractivity contribution >= 4 is 11.6 Å². The minimum atomic E-state index is -0.516. The Labute approximate surface area is 155 Å². The van der Waals surface area contributed by atoms with E-state index in [0.717, 1.165) is 6.07 Å². The Hall–Kier alpha value is -3.42. The first-order valence-corrected chi connectivity index (χ1v) is 7.89. The van der Waals surface area contributed by atoms with Gasteiger partial charge in [0.05, 0.1) is 14.2 Å². The van der Waals surface area contributed by atoms with E-state index in [4.69, 9.17) is 9.47 Å². The highest BCUT2D eigenvalue weighted by atomic mass is 16.5. The molecule has 0 bridgehead atoms. The number of aromatic hydroxyl groups is 4. The molecule has 8 nitrogen and oxygen atoms in total. The number of Topliss-reactive ketones (excluding diaryl/α,β-unsaturated/α-hetero) is 2. The van der Waals surface area contributed by atoms with Crippen LogP contribution in [0.4, 0.5) is 0 Å². The van der Waals surface area contributed by atoms with Crippen molar-refractivity contribution < 1.29 is 39.5 Å². The summed E-state index contributed by atoms with van der Waals surface area (Å²) in [4.78, 5) is 23.7. The summed E-state index contributed by atoms with van der Waals surface area (Å²) in [5.74, 6) is -2.87. The fourth-order valence-electron chi connectivity index (χ4n) is 2.93. The normalized spacial score (nSPS) is 10.5. The summed E-state index contributed by atoms with van der Waals surface area (Å²) in [5, 5.41) is 40.9. The number of phenols is 4. The number of ketones is 2. The molecule has 0 amide bonds. The SMILES string of the molecule is COc1cc(O)c(Cc2c(O)cc(O)c(C(C)=O)c2OC)c(O)c1C(C)=O. The number of hydrogen-bond acceptors (Lipinski definition) is 8. The number of benzene rings is 2. The van der Waals surface area contributed by atoms with Gasteiger partial charge >= 0.3 is 0 Å². The van der Waals surface area contributed by atoms with Crippen LogP contribution in [-0.4, -0.2) is 46.2 Å². The molecule has 2 aromatic carbocycles. The zero-order valence-electron chi connectivity index (χ0n) is 15.3. The number of hydrogen-bond donors (Lipinski definition) is 4. The average Bonchev–Trinajstić information content (AvgIpc) is 2.57. The van der Waals surface area contributed by atoms with Crippen LogP contribution in [0.25, 0.3) is 0 Å². The van der Waals surface area contributed by atoms with Crippen molar-refractivity contribution in [3.63, 3.8) is 0 Å². The molecular weight excluding hydrogens is 356 g/mol. The van der Waals surface area contributed by atoms with Gasteiger partial charge in [-0.2, -0.15) is 0 Å². The predicted octanol–water partition coefficient (Wildman–Crippen LogP) is 2.52. The third-order valence-corrected chi connectivity index (χ3v) is 4.17. The van der Waals surface area contributed by atoms with Crippen molar-refractivity contribution in [3.05, 3.63) is 34.4 Å². The van der Waals surface area contributed by atoms with Gasteiger partial charge < -0.3 is 29.9 Å². The molecular formula is C19H20O8. The predicted molar refractivity (Wildman–Crippen MR) is 95.5 cm³/mol. The molecule has 0 atom stereocenters. The number of rotatable bonds is 6. The van der Waals surface area contributed by atoms with Crippen LogP contribution in [0.1, 0.15) is 45.7 Å². The number of methoxy groups -OCH3 is 2. The Bertz CT molecular complexity index is 930. The molecule has 2 aromatic rings. The van der Waals surface area contributed by atoms with E-state index in [9.17, 15) is 30.0 Å². The van der Waals surface area contributed by atoms with Gasteiger partial charge in [-0.3, -0.25) is 9.59 Å². The molecule has 4 N–H and O–H groups in total. The third kappa shape index (κ3) is 3.46. The standard InChI is InChI=1S/C19H20O8/c1-8(20)16-14(24)6-12(22)11(19(16)27-4)5-10-13(23)7-15(26-3)17(9(2)21)18(10)25/h6-7,22-25H,5H2,1-4H3. The Morgan fingerprint density at radius 2 is 1.37 bits per heavy atom. The largest absolute Gasteiger partial charge is 0.507 e. The molecule has 2 rings (SSSR count). The second-order valence-electron chi connectivity index (χ2n) is 5.89. The van der Waals surface area contributed by atoms with Crippen LogP contribution in [-0.2, 0) is 6.42 Å². The summed E-state index contributed by atoms with van der Waals surface area (Å²) in [6.45, 7) is 2.44. The molecule has 0 aliphatic carbocycles. The van der Waals surface area contributed by atoms with Crippen LogP contribution in [0.15, 0.2) is 12.1 Å². The number of ether oxygens (including phenoxy) is 2. The minimum Gasteiger partial charge on any atom is -0.507 e.